The Labute approximate surface area is 179 Å². The van der Waals surface area contributed by atoms with Crippen LogP contribution < -0.4 is 9.46 Å². The lowest BCUT2D eigenvalue weighted by molar-refractivity contribution is -0.134. The Morgan fingerprint density at radius 3 is 2.23 bits per heavy atom. The standard InChI is InChI=1S/C23H30N2O4S/c1-16-5-9-21(10-6-16)30(27,28)24-20-11-13-25(14-12-20)22(26)15-29-23-18(3)8-7-17(2)19(23)4/h5-10,20,24H,11-15H2,1-4H3. The summed E-state index contributed by atoms with van der Waals surface area (Å²) < 4.78 is 33.7. The Morgan fingerprint density at radius 1 is 1.00 bits per heavy atom. The number of benzene rings is 2. The fraction of sp³-hybridized carbons (Fsp3) is 0.435. The first-order valence-corrected chi connectivity index (χ1v) is 11.7. The van der Waals surface area contributed by atoms with Gasteiger partial charge in [0.15, 0.2) is 6.61 Å². The molecule has 1 heterocycles. The largest absolute Gasteiger partial charge is 0.483 e. The zero-order chi connectivity index (χ0) is 21.9. The summed E-state index contributed by atoms with van der Waals surface area (Å²) >= 11 is 0. The lowest BCUT2D eigenvalue weighted by atomic mass is 10.1. The maximum Gasteiger partial charge on any atom is 0.260 e. The van der Waals surface area contributed by atoms with E-state index in [1.54, 1.807) is 29.2 Å². The van der Waals surface area contributed by atoms with Crippen molar-refractivity contribution in [3.63, 3.8) is 0 Å². The quantitative estimate of drug-likeness (QED) is 0.763. The second-order valence-corrected chi connectivity index (χ2v) is 9.75. The van der Waals surface area contributed by atoms with E-state index in [1.807, 2.05) is 39.8 Å². The summed E-state index contributed by atoms with van der Waals surface area (Å²) in [5.74, 6) is 0.694. The summed E-state index contributed by atoms with van der Waals surface area (Å²) in [6.07, 6.45) is 1.17. The molecule has 0 spiro atoms. The fourth-order valence-electron chi connectivity index (χ4n) is 3.62. The first-order valence-electron chi connectivity index (χ1n) is 10.2. The summed E-state index contributed by atoms with van der Waals surface area (Å²) in [5, 5.41) is 0. The molecule has 1 N–H and O–H groups in total. The van der Waals surface area contributed by atoms with Crippen molar-refractivity contribution in [2.24, 2.45) is 0 Å². The molecular formula is C23H30N2O4S. The molecule has 2 aromatic rings. The molecule has 1 fully saturated rings. The molecule has 162 valence electrons. The van der Waals surface area contributed by atoms with E-state index < -0.39 is 10.0 Å². The van der Waals surface area contributed by atoms with Crippen LogP contribution in [0.5, 0.6) is 5.75 Å². The maximum atomic E-state index is 12.6. The number of nitrogens with one attached hydrogen (secondary N) is 1. The van der Waals surface area contributed by atoms with Crippen molar-refractivity contribution in [1.82, 2.24) is 9.62 Å². The molecule has 1 aliphatic heterocycles. The predicted molar refractivity (Wildman–Crippen MR) is 117 cm³/mol. The Morgan fingerprint density at radius 2 is 1.60 bits per heavy atom. The summed E-state index contributed by atoms with van der Waals surface area (Å²) in [4.78, 5) is 14.6. The third-order valence-electron chi connectivity index (χ3n) is 5.71. The number of piperidine rings is 1. The van der Waals surface area contributed by atoms with E-state index in [0.29, 0.717) is 25.9 Å². The highest BCUT2D eigenvalue weighted by Gasteiger charge is 2.27. The number of ether oxygens (including phenoxy) is 1. The topological polar surface area (TPSA) is 75.7 Å². The lowest BCUT2D eigenvalue weighted by Crippen LogP contribution is -2.47. The average Bonchev–Trinajstić information content (AvgIpc) is 2.71. The minimum Gasteiger partial charge on any atom is -0.483 e. The number of rotatable bonds is 6. The van der Waals surface area contributed by atoms with E-state index in [9.17, 15) is 13.2 Å². The van der Waals surface area contributed by atoms with Gasteiger partial charge in [-0.3, -0.25) is 4.79 Å². The van der Waals surface area contributed by atoms with E-state index in [4.69, 9.17) is 4.74 Å². The molecule has 0 unspecified atom stereocenters. The molecule has 30 heavy (non-hydrogen) atoms. The molecule has 1 aliphatic rings. The van der Waals surface area contributed by atoms with Gasteiger partial charge in [-0.05, 0) is 69.4 Å². The molecule has 6 nitrogen and oxygen atoms in total. The minimum absolute atomic E-state index is 0.00903. The first kappa shape index (κ1) is 22.3. The van der Waals surface area contributed by atoms with E-state index in [2.05, 4.69) is 4.72 Å². The van der Waals surface area contributed by atoms with E-state index in [-0.39, 0.29) is 23.5 Å². The number of nitrogens with zero attached hydrogens (tertiary/aromatic N) is 1. The van der Waals surface area contributed by atoms with Crippen molar-refractivity contribution in [3.8, 4) is 5.75 Å². The Hall–Kier alpha value is -2.38. The Kier molecular flexibility index (Phi) is 6.83. The van der Waals surface area contributed by atoms with E-state index in [0.717, 1.165) is 28.0 Å². The normalized spacial score (nSPS) is 15.3. The van der Waals surface area contributed by atoms with Crippen LogP contribution in [-0.4, -0.2) is 45.0 Å². The number of likely N-dealkylation sites (tertiary alicyclic amines) is 1. The molecule has 2 aromatic carbocycles. The van der Waals surface area contributed by atoms with Crippen LogP contribution in [0.4, 0.5) is 0 Å². The summed E-state index contributed by atoms with van der Waals surface area (Å²) in [5.41, 5.74) is 4.20. The van der Waals surface area contributed by atoms with Gasteiger partial charge in [0.1, 0.15) is 5.75 Å². The highest BCUT2D eigenvalue weighted by atomic mass is 32.2. The SMILES string of the molecule is Cc1ccc(S(=O)(=O)NC2CCN(C(=O)COc3c(C)ccc(C)c3C)CC2)cc1. The van der Waals surface area contributed by atoms with Gasteiger partial charge in [0.05, 0.1) is 4.90 Å². The van der Waals surface area contributed by atoms with Crippen molar-refractivity contribution in [3.05, 3.63) is 58.7 Å². The number of amides is 1. The highest BCUT2D eigenvalue weighted by molar-refractivity contribution is 7.89. The third kappa shape index (κ3) is 5.21. The van der Waals surface area contributed by atoms with Gasteiger partial charge >= 0.3 is 0 Å². The smallest absolute Gasteiger partial charge is 0.260 e. The van der Waals surface area contributed by atoms with Gasteiger partial charge in [-0.1, -0.05) is 29.8 Å². The van der Waals surface area contributed by atoms with Gasteiger partial charge < -0.3 is 9.64 Å². The number of hydrogen-bond donors (Lipinski definition) is 1. The lowest BCUT2D eigenvalue weighted by Gasteiger charge is -2.32. The molecule has 0 saturated carbocycles. The number of carbonyl (C=O) groups excluding carboxylic acids is 1. The summed E-state index contributed by atoms with van der Waals surface area (Å²) in [6, 6.07) is 10.7. The minimum atomic E-state index is -3.55. The number of hydrogen-bond acceptors (Lipinski definition) is 4. The highest BCUT2D eigenvalue weighted by Crippen LogP contribution is 2.26. The van der Waals surface area contributed by atoms with Crippen LogP contribution in [-0.2, 0) is 14.8 Å². The van der Waals surface area contributed by atoms with Gasteiger partial charge in [-0.15, -0.1) is 0 Å². The predicted octanol–water partition coefficient (Wildman–Crippen LogP) is 3.27. The van der Waals surface area contributed by atoms with E-state index >= 15 is 0 Å². The molecule has 1 amide bonds. The molecule has 0 atom stereocenters. The van der Waals surface area contributed by atoms with Crippen molar-refractivity contribution >= 4 is 15.9 Å². The van der Waals surface area contributed by atoms with Crippen LogP contribution >= 0.6 is 0 Å². The van der Waals surface area contributed by atoms with Gasteiger partial charge in [0, 0.05) is 19.1 Å². The average molecular weight is 431 g/mol. The zero-order valence-electron chi connectivity index (χ0n) is 18.1. The van der Waals surface area contributed by atoms with Crippen molar-refractivity contribution in [2.45, 2.75) is 51.5 Å². The maximum absolute atomic E-state index is 12.6. The second-order valence-electron chi connectivity index (χ2n) is 8.03. The van der Waals surface area contributed by atoms with Crippen LogP contribution in [0.3, 0.4) is 0 Å². The van der Waals surface area contributed by atoms with Crippen LogP contribution in [0.25, 0.3) is 0 Å². The van der Waals surface area contributed by atoms with Crippen LogP contribution in [0, 0.1) is 27.7 Å². The van der Waals surface area contributed by atoms with Crippen molar-refractivity contribution in [1.29, 1.82) is 0 Å². The van der Waals surface area contributed by atoms with Crippen LogP contribution in [0.1, 0.15) is 35.1 Å². The monoisotopic (exact) mass is 430 g/mol. The molecule has 3 rings (SSSR count). The molecular weight excluding hydrogens is 400 g/mol. The fourth-order valence-corrected chi connectivity index (χ4v) is 4.93. The van der Waals surface area contributed by atoms with Gasteiger partial charge in [-0.25, -0.2) is 13.1 Å². The van der Waals surface area contributed by atoms with Crippen LogP contribution in [0.15, 0.2) is 41.3 Å². The van der Waals surface area contributed by atoms with Gasteiger partial charge in [0.2, 0.25) is 10.0 Å². The van der Waals surface area contributed by atoms with Crippen molar-refractivity contribution < 1.29 is 17.9 Å². The number of carbonyl (C=O) groups is 1. The third-order valence-corrected chi connectivity index (χ3v) is 7.25. The van der Waals surface area contributed by atoms with E-state index in [1.165, 1.54) is 0 Å². The zero-order valence-corrected chi connectivity index (χ0v) is 18.9. The Balaban J connectivity index is 1.52. The number of aryl methyl sites for hydroxylation is 3. The molecule has 0 bridgehead atoms. The van der Waals surface area contributed by atoms with Crippen molar-refractivity contribution in [2.75, 3.05) is 19.7 Å². The second kappa shape index (κ2) is 9.18. The molecule has 0 aromatic heterocycles. The molecule has 0 aliphatic carbocycles. The number of sulfonamides is 1. The van der Waals surface area contributed by atoms with Crippen LogP contribution in [0.2, 0.25) is 0 Å². The molecule has 7 heteroatoms. The molecule has 0 radical (unpaired) electrons. The van der Waals surface area contributed by atoms with Gasteiger partial charge in [-0.2, -0.15) is 0 Å². The summed E-state index contributed by atoms with van der Waals surface area (Å²) in [7, 11) is -3.55. The Bertz CT molecular complexity index is 1010. The molecule has 1 saturated heterocycles. The summed E-state index contributed by atoms with van der Waals surface area (Å²) in [6.45, 7) is 8.91. The first-order chi connectivity index (χ1) is 14.2. The van der Waals surface area contributed by atoms with Gasteiger partial charge in [0.25, 0.3) is 5.91 Å².